The minimum Gasteiger partial charge on any atom is -0.490 e. The highest BCUT2D eigenvalue weighted by Crippen LogP contribution is 2.40. The number of anilines is 1. The largest absolute Gasteiger partial charge is 0.490 e. The number of halogens is 1. The average Bonchev–Trinajstić information content (AvgIpc) is 3.52. The van der Waals surface area contributed by atoms with Crippen LogP contribution in [0.4, 0.5) is 5.95 Å². The van der Waals surface area contributed by atoms with Gasteiger partial charge in [0.05, 0.1) is 25.4 Å². The van der Waals surface area contributed by atoms with E-state index in [1.54, 1.807) is 15.6 Å². The van der Waals surface area contributed by atoms with E-state index in [0.717, 1.165) is 11.1 Å². The first-order valence-corrected chi connectivity index (χ1v) is 17.0. The molecule has 1 atom stereocenters. The summed E-state index contributed by atoms with van der Waals surface area (Å²) in [5, 5.41) is 9.28. The molecule has 3 heterocycles. The predicted octanol–water partition coefficient (Wildman–Crippen LogP) is 5.89. The number of allylic oxidation sites excluding steroid dienone is 1. The van der Waals surface area contributed by atoms with Gasteiger partial charge in [0, 0.05) is 29.6 Å². The van der Waals surface area contributed by atoms with E-state index in [1.165, 1.54) is 11.8 Å². The number of esters is 1. The Morgan fingerprint density at radius 2 is 1.79 bits per heavy atom. The fraction of sp³-hybridized carbons (Fsp3) is 0.314. The van der Waals surface area contributed by atoms with Crippen LogP contribution in [0.5, 0.6) is 11.5 Å². The molecule has 1 saturated heterocycles. The number of thioether (sulfide) groups is 1. The molecule has 48 heavy (non-hydrogen) atoms. The molecule has 13 heteroatoms. The van der Waals surface area contributed by atoms with Gasteiger partial charge in [-0.2, -0.15) is 4.98 Å². The van der Waals surface area contributed by atoms with Crippen molar-refractivity contribution in [1.29, 1.82) is 0 Å². The van der Waals surface area contributed by atoms with Gasteiger partial charge in [-0.15, -0.1) is 5.10 Å². The highest BCUT2D eigenvalue weighted by molar-refractivity contribution is 7.98. The monoisotopic (exact) mass is 689 g/mol. The number of benzene rings is 3. The molecule has 1 fully saturated rings. The maximum atomic E-state index is 13.8. The molecular weight excluding hydrogens is 654 g/mol. The Bertz CT molecular complexity index is 1790. The number of hydrogen-bond acceptors (Lipinski definition) is 10. The minimum absolute atomic E-state index is 0.112. The molecular formula is C35H36ClN5O6S. The van der Waals surface area contributed by atoms with Crippen LogP contribution in [0.1, 0.15) is 36.6 Å². The second kappa shape index (κ2) is 15.6. The first-order valence-electron chi connectivity index (χ1n) is 15.7. The van der Waals surface area contributed by atoms with E-state index in [0.29, 0.717) is 83.1 Å². The number of nitrogens with zero attached hydrogens (tertiary/aromatic N) is 4. The van der Waals surface area contributed by atoms with Crippen LogP contribution in [0, 0.1) is 0 Å². The third kappa shape index (κ3) is 7.78. The van der Waals surface area contributed by atoms with Crippen molar-refractivity contribution in [2.24, 2.45) is 0 Å². The van der Waals surface area contributed by atoms with Gasteiger partial charge < -0.3 is 29.2 Å². The van der Waals surface area contributed by atoms with Crippen LogP contribution in [0.25, 0.3) is 0 Å². The van der Waals surface area contributed by atoms with Gasteiger partial charge in [-0.05, 0) is 48.7 Å². The van der Waals surface area contributed by atoms with E-state index < -0.39 is 12.0 Å². The molecule has 2 aliphatic heterocycles. The van der Waals surface area contributed by atoms with Crippen molar-refractivity contribution in [3.05, 3.63) is 106 Å². The van der Waals surface area contributed by atoms with Gasteiger partial charge in [-0.25, -0.2) is 9.48 Å². The Balaban J connectivity index is 1.30. The van der Waals surface area contributed by atoms with Crippen molar-refractivity contribution in [3.63, 3.8) is 0 Å². The number of aromatic nitrogens is 3. The highest BCUT2D eigenvalue weighted by atomic mass is 35.5. The summed E-state index contributed by atoms with van der Waals surface area (Å²) >= 11 is 7.84. The van der Waals surface area contributed by atoms with Gasteiger partial charge in [0.2, 0.25) is 11.1 Å². The molecule has 0 aliphatic carbocycles. The summed E-state index contributed by atoms with van der Waals surface area (Å²) in [6.07, 6.45) is 0. The second-order valence-corrected chi connectivity index (χ2v) is 12.4. The van der Waals surface area contributed by atoms with Crippen molar-refractivity contribution in [3.8, 4) is 11.5 Å². The van der Waals surface area contributed by atoms with Crippen molar-refractivity contribution < 1.29 is 28.5 Å². The zero-order chi connectivity index (χ0) is 33.5. The van der Waals surface area contributed by atoms with E-state index in [1.807, 2.05) is 80.6 Å². The van der Waals surface area contributed by atoms with Crippen molar-refractivity contribution >= 4 is 41.2 Å². The van der Waals surface area contributed by atoms with Crippen LogP contribution in [0.15, 0.2) is 89.2 Å². The topological polar surface area (TPSA) is 117 Å². The van der Waals surface area contributed by atoms with Gasteiger partial charge in [0.1, 0.15) is 12.6 Å². The summed E-state index contributed by atoms with van der Waals surface area (Å²) in [4.78, 5) is 33.1. The van der Waals surface area contributed by atoms with Crippen LogP contribution in [0.3, 0.4) is 0 Å². The molecule has 2 aliphatic rings. The normalized spacial score (nSPS) is 15.8. The molecule has 0 saturated carbocycles. The molecule has 250 valence electrons. The van der Waals surface area contributed by atoms with E-state index in [4.69, 9.17) is 40.6 Å². The molecule has 1 aromatic heterocycles. The summed E-state index contributed by atoms with van der Waals surface area (Å²) in [6.45, 7) is 6.10. The molecule has 4 aromatic rings. The summed E-state index contributed by atoms with van der Waals surface area (Å²) < 4.78 is 24.8. The lowest BCUT2D eigenvalue weighted by Crippen LogP contribution is -2.43. The van der Waals surface area contributed by atoms with Crippen molar-refractivity contribution in [2.75, 3.05) is 44.8 Å². The zero-order valence-electron chi connectivity index (χ0n) is 26.7. The lowest BCUT2D eigenvalue weighted by Gasteiger charge is -2.29. The fourth-order valence-electron chi connectivity index (χ4n) is 5.45. The number of hydrogen-bond donors (Lipinski definition) is 1. The Hall–Kier alpha value is -4.52. The number of nitrogens with one attached hydrogen (secondary N) is 1. The van der Waals surface area contributed by atoms with E-state index in [2.05, 4.69) is 5.32 Å². The molecule has 1 N–H and O–H groups in total. The SMILES string of the molecule is CCOc1cc(C2C(C(=O)OCc3ccccc3)=C(C)Nc3nc(SCc4ccccc4Cl)nn32)ccc1OCC(=O)N1CCOCC1. The first-order chi connectivity index (χ1) is 23.4. The minimum atomic E-state index is -0.699. The smallest absolute Gasteiger partial charge is 0.338 e. The van der Waals surface area contributed by atoms with Gasteiger partial charge in [-0.1, -0.05) is 78.0 Å². The number of amides is 1. The Labute approximate surface area is 288 Å². The van der Waals surface area contributed by atoms with Crippen molar-refractivity contribution in [2.45, 2.75) is 37.4 Å². The van der Waals surface area contributed by atoms with Gasteiger partial charge >= 0.3 is 5.97 Å². The number of ether oxygens (including phenoxy) is 4. The lowest BCUT2D eigenvalue weighted by molar-refractivity contribution is -0.141. The molecule has 1 amide bonds. The zero-order valence-corrected chi connectivity index (χ0v) is 28.3. The van der Waals surface area contributed by atoms with Crippen LogP contribution < -0.4 is 14.8 Å². The Morgan fingerprint density at radius 1 is 1.02 bits per heavy atom. The molecule has 0 radical (unpaired) electrons. The highest BCUT2D eigenvalue weighted by Gasteiger charge is 2.36. The standard InChI is InChI=1S/C35H36ClN5O6S/c1-3-45-29-19-25(13-14-28(29)46-21-30(42)40-15-17-44-18-16-40)32-31(33(43)47-20-24-9-5-4-6-10-24)23(2)37-34-38-35(39-41(32)34)48-22-26-11-7-8-12-27(26)36/h4-14,19,32H,3,15-18,20-22H2,1-2H3,(H,37,38,39). The number of rotatable bonds is 12. The van der Waals surface area contributed by atoms with Gasteiger partial charge in [-0.3, -0.25) is 4.79 Å². The third-order valence-electron chi connectivity index (χ3n) is 7.88. The van der Waals surface area contributed by atoms with Crippen molar-refractivity contribution in [1.82, 2.24) is 19.7 Å². The predicted molar refractivity (Wildman–Crippen MR) is 182 cm³/mol. The molecule has 3 aromatic carbocycles. The Morgan fingerprint density at radius 3 is 2.56 bits per heavy atom. The number of fused-ring (bicyclic) bond motifs is 1. The number of carbonyl (C=O) groups excluding carboxylic acids is 2. The lowest BCUT2D eigenvalue weighted by atomic mass is 9.95. The van der Waals surface area contributed by atoms with Gasteiger partial charge in [0.15, 0.2) is 18.1 Å². The fourth-order valence-corrected chi connectivity index (χ4v) is 6.56. The van der Waals surface area contributed by atoms with Crippen LogP contribution >= 0.6 is 23.4 Å². The summed E-state index contributed by atoms with van der Waals surface area (Å²) in [5.74, 6) is 1.28. The van der Waals surface area contributed by atoms with Crippen LogP contribution in [-0.2, 0) is 31.4 Å². The summed E-state index contributed by atoms with van der Waals surface area (Å²) in [7, 11) is 0. The van der Waals surface area contributed by atoms with Crippen LogP contribution in [-0.4, -0.2) is 71.1 Å². The maximum Gasteiger partial charge on any atom is 0.338 e. The molecule has 0 bridgehead atoms. The Kier molecular flexibility index (Phi) is 10.8. The summed E-state index contributed by atoms with van der Waals surface area (Å²) in [5.41, 5.74) is 3.51. The molecule has 1 unspecified atom stereocenters. The van der Waals surface area contributed by atoms with Crippen LogP contribution in [0.2, 0.25) is 5.02 Å². The van der Waals surface area contributed by atoms with E-state index in [-0.39, 0.29) is 19.1 Å². The molecule has 11 nitrogen and oxygen atoms in total. The number of morpholine rings is 1. The summed E-state index contributed by atoms with van der Waals surface area (Å²) in [6, 6.07) is 21.9. The van der Waals surface area contributed by atoms with E-state index >= 15 is 0 Å². The van der Waals surface area contributed by atoms with Gasteiger partial charge in [0.25, 0.3) is 5.91 Å². The first kappa shape index (κ1) is 33.4. The number of carbonyl (C=O) groups is 2. The molecule has 0 spiro atoms. The molecule has 6 rings (SSSR count). The second-order valence-electron chi connectivity index (χ2n) is 11.1. The quantitative estimate of drug-likeness (QED) is 0.143. The van der Waals surface area contributed by atoms with E-state index in [9.17, 15) is 9.59 Å². The maximum absolute atomic E-state index is 13.8. The third-order valence-corrected chi connectivity index (χ3v) is 9.13. The average molecular weight is 690 g/mol.